The fraction of sp³-hybridized carbons (Fsp3) is 0.462. The van der Waals surface area contributed by atoms with Gasteiger partial charge < -0.3 is 20.5 Å². The first-order valence-electron chi connectivity index (χ1n) is 6.40. The molecule has 2 rings (SSSR count). The molecule has 0 aromatic heterocycles. The van der Waals surface area contributed by atoms with Crippen molar-refractivity contribution in [1.29, 1.82) is 0 Å². The quantitative estimate of drug-likeness (QED) is 0.782. The van der Waals surface area contributed by atoms with Crippen LogP contribution in [-0.2, 0) is 0 Å². The average molecular weight is 304 g/mol. The minimum absolute atomic E-state index is 0.0900. The van der Waals surface area contributed by atoms with Gasteiger partial charge in [-0.25, -0.2) is 9.18 Å². The first-order chi connectivity index (χ1) is 9.88. The maximum absolute atomic E-state index is 13.4. The number of ether oxygens (including phenoxy) is 1. The molecule has 1 aromatic carbocycles. The molecule has 0 heterocycles. The molecule has 8 heteroatoms. The molecule has 3 N–H and O–H groups in total. The van der Waals surface area contributed by atoms with Gasteiger partial charge in [-0.2, -0.15) is 8.78 Å². The van der Waals surface area contributed by atoms with E-state index in [0.717, 1.165) is 18.6 Å². The summed E-state index contributed by atoms with van der Waals surface area (Å²) in [6.45, 7) is -3.02. The molecule has 21 heavy (non-hydrogen) atoms. The van der Waals surface area contributed by atoms with Gasteiger partial charge in [-0.3, -0.25) is 0 Å². The first-order valence-corrected chi connectivity index (χ1v) is 6.40. The third-order valence-electron chi connectivity index (χ3n) is 3.27. The minimum Gasteiger partial charge on any atom is -0.432 e. The molecule has 1 aliphatic carbocycles. The molecule has 0 unspecified atom stereocenters. The Morgan fingerprint density at radius 3 is 2.67 bits per heavy atom. The van der Waals surface area contributed by atoms with E-state index in [2.05, 4.69) is 15.4 Å². The van der Waals surface area contributed by atoms with Crippen LogP contribution in [0.4, 0.5) is 23.7 Å². The minimum atomic E-state index is -3.12. The molecule has 1 fully saturated rings. The highest BCUT2D eigenvalue weighted by atomic mass is 19.3. The lowest BCUT2D eigenvalue weighted by molar-refractivity contribution is -0.0521. The van der Waals surface area contributed by atoms with E-state index < -0.39 is 29.8 Å². The van der Waals surface area contributed by atoms with Gasteiger partial charge >= 0.3 is 12.6 Å². The Hall–Kier alpha value is -1.96. The number of rotatable bonds is 5. The summed E-state index contributed by atoms with van der Waals surface area (Å²) in [6, 6.07) is 2.49. The van der Waals surface area contributed by atoms with Crippen molar-refractivity contribution >= 4 is 11.7 Å². The normalized spacial score (nSPS) is 16.2. The van der Waals surface area contributed by atoms with Gasteiger partial charge in [-0.15, -0.1) is 0 Å². The van der Waals surface area contributed by atoms with Crippen molar-refractivity contribution < 1.29 is 27.8 Å². The number of amides is 2. The Balaban J connectivity index is 1.87. The van der Waals surface area contributed by atoms with E-state index in [1.54, 1.807) is 0 Å². The van der Waals surface area contributed by atoms with Crippen molar-refractivity contribution in [3.05, 3.63) is 24.0 Å². The molecule has 1 aromatic rings. The van der Waals surface area contributed by atoms with Gasteiger partial charge in [0.25, 0.3) is 0 Å². The summed E-state index contributed by atoms with van der Waals surface area (Å²) in [5, 5.41) is 14.6. The maximum Gasteiger partial charge on any atom is 0.387 e. The highest BCUT2D eigenvalue weighted by Crippen LogP contribution is 2.30. The standard InChI is InChI=1S/C13H15F3N2O3/c14-9-6-8(2-3-10(9)21-11(15)16)18-12(19)17-7-13(20)4-1-5-13/h2-3,6,11,20H,1,4-5,7H2,(H2,17,18,19). The predicted molar refractivity (Wildman–Crippen MR) is 68.9 cm³/mol. The SMILES string of the molecule is O=C(NCC1(O)CCC1)Nc1ccc(OC(F)F)c(F)c1. The number of carbonyl (C=O) groups excluding carboxylic acids is 1. The number of urea groups is 1. The van der Waals surface area contributed by atoms with Crippen LogP contribution in [0.2, 0.25) is 0 Å². The van der Waals surface area contributed by atoms with E-state index in [9.17, 15) is 23.1 Å². The molecule has 5 nitrogen and oxygen atoms in total. The zero-order valence-electron chi connectivity index (χ0n) is 11.0. The molecule has 0 aliphatic heterocycles. The van der Waals surface area contributed by atoms with Gasteiger partial charge in [-0.1, -0.05) is 0 Å². The van der Waals surface area contributed by atoms with Crippen molar-refractivity contribution in [2.45, 2.75) is 31.5 Å². The van der Waals surface area contributed by atoms with E-state index in [1.807, 2.05) is 0 Å². The van der Waals surface area contributed by atoms with Crippen molar-refractivity contribution in [3.63, 3.8) is 0 Å². The molecule has 0 bridgehead atoms. The van der Waals surface area contributed by atoms with Gasteiger partial charge in [0.2, 0.25) is 0 Å². The van der Waals surface area contributed by atoms with Crippen LogP contribution in [0, 0.1) is 5.82 Å². The molecule has 0 atom stereocenters. The number of hydrogen-bond acceptors (Lipinski definition) is 3. The summed E-state index contributed by atoms with van der Waals surface area (Å²) in [6.07, 6.45) is 2.17. The fourth-order valence-corrected chi connectivity index (χ4v) is 1.95. The van der Waals surface area contributed by atoms with Crippen LogP contribution in [0.1, 0.15) is 19.3 Å². The zero-order chi connectivity index (χ0) is 15.5. The first kappa shape index (κ1) is 15.4. The number of anilines is 1. The highest BCUT2D eigenvalue weighted by molar-refractivity contribution is 5.89. The van der Waals surface area contributed by atoms with Crippen molar-refractivity contribution in [3.8, 4) is 5.75 Å². The summed E-state index contributed by atoms with van der Waals surface area (Å²) in [4.78, 5) is 11.6. The summed E-state index contributed by atoms with van der Waals surface area (Å²) in [5.41, 5.74) is -0.774. The highest BCUT2D eigenvalue weighted by Gasteiger charge is 2.34. The van der Waals surface area contributed by atoms with Crippen LogP contribution in [0.15, 0.2) is 18.2 Å². The second kappa shape index (κ2) is 6.21. The van der Waals surface area contributed by atoms with Gasteiger partial charge in [0.15, 0.2) is 11.6 Å². The lowest BCUT2D eigenvalue weighted by Gasteiger charge is -2.36. The smallest absolute Gasteiger partial charge is 0.387 e. The third kappa shape index (κ3) is 4.25. The van der Waals surface area contributed by atoms with Crippen molar-refractivity contribution in [2.75, 3.05) is 11.9 Å². The summed E-state index contributed by atoms with van der Waals surface area (Å²) in [5.74, 6) is -1.61. The molecular formula is C13H15F3N2O3. The average Bonchev–Trinajstić information content (AvgIpc) is 2.37. The topological polar surface area (TPSA) is 70.6 Å². The largest absolute Gasteiger partial charge is 0.432 e. The summed E-state index contributed by atoms with van der Waals surface area (Å²) in [7, 11) is 0. The number of carbonyl (C=O) groups is 1. The second-order valence-electron chi connectivity index (χ2n) is 4.91. The van der Waals surface area contributed by atoms with Gasteiger partial charge in [0.1, 0.15) is 0 Å². The van der Waals surface area contributed by atoms with Crippen molar-refractivity contribution in [1.82, 2.24) is 5.32 Å². The molecule has 0 spiro atoms. The molecule has 1 aliphatic rings. The van der Waals surface area contributed by atoms with Gasteiger partial charge in [0, 0.05) is 18.3 Å². The Bertz CT molecular complexity index is 521. The van der Waals surface area contributed by atoms with Crippen LogP contribution in [0.5, 0.6) is 5.75 Å². The van der Waals surface area contributed by atoms with Gasteiger partial charge in [0.05, 0.1) is 5.60 Å². The van der Waals surface area contributed by atoms with E-state index in [4.69, 9.17) is 0 Å². The summed E-state index contributed by atoms with van der Waals surface area (Å²) < 4.78 is 41.3. The van der Waals surface area contributed by atoms with Crippen LogP contribution >= 0.6 is 0 Å². The second-order valence-corrected chi connectivity index (χ2v) is 4.91. The van der Waals surface area contributed by atoms with Crippen LogP contribution in [0.3, 0.4) is 0 Å². The van der Waals surface area contributed by atoms with Crippen molar-refractivity contribution in [2.24, 2.45) is 0 Å². The Morgan fingerprint density at radius 2 is 2.14 bits per heavy atom. The van der Waals surface area contributed by atoms with Crippen LogP contribution in [-0.4, -0.2) is 29.9 Å². The third-order valence-corrected chi connectivity index (χ3v) is 3.27. The summed E-state index contributed by atoms with van der Waals surface area (Å²) >= 11 is 0. The predicted octanol–water partition coefficient (Wildman–Crippen LogP) is 2.46. The number of nitrogens with one attached hydrogen (secondary N) is 2. The number of benzene rings is 1. The molecular weight excluding hydrogens is 289 g/mol. The molecule has 0 saturated heterocycles. The monoisotopic (exact) mass is 304 g/mol. The maximum atomic E-state index is 13.4. The number of alkyl halides is 2. The van der Waals surface area contributed by atoms with E-state index in [1.165, 1.54) is 6.07 Å². The van der Waals surface area contributed by atoms with Crippen LogP contribution in [0.25, 0.3) is 0 Å². The molecule has 1 saturated carbocycles. The Labute approximate surface area is 119 Å². The lowest BCUT2D eigenvalue weighted by atomic mass is 9.80. The molecule has 116 valence electrons. The van der Waals surface area contributed by atoms with E-state index in [0.29, 0.717) is 12.8 Å². The molecule has 0 radical (unpaired) electrons. The van der Waals surface area contributed by atoms with Gasteiger partial charge in [-0.05, 0) is 31.4 Å². The number of aliphatic hydroxyl groups is 1. The number of hydrogen-bond donors (Lipinski definition) is 3. The zero-order valence-corrected chi connectivity index (χ0v) is 11.0. The number of halogens is 3. The Kier molecular flexibility index (Phi) is 4.56. The lowest BCUT2D eigenvalue weighted by Crippen LogP contribution is -2.48. The van der Waals surface area contributed by atoms with E-state index >= 15 is 0 Å². The fourth-order valence-electron chi connectivity index (χ4n) is 1.95. The molecule has 2 amide bonds. The van der Waals surface area contributed by atoms with Crippen LogP contribution < -0.4 is 15.4 Å². The Morgan fingerprint density at radius 1 is 1.43 bits per heavy atom. The van der Waals surface area contributed by atoms with E-state index in [-0.39, 0.29) is 12.2 Å².